The van der Waals surface area contributed by atoms with Crippen molar-refractivity contribution >= 4 is 0 Å². The van der Waals surface area contributed by atoms with E-state index in [0.29, 0.717) is 6.07 Å². The largest absolute Gasteiger partial charge is 0.459 e. The Bertz CT molecular complexity index is 279. The molecule has 0 aliphatic rings. The molecule has 0 atom stereocenters. The molecule has 1 aromatic rings. The molecule has 0 aliphatic carbocycles. The van der Waals surface area contributed by atoms with Crippen molar-refractivity contribution in [3.63, 3.8) is 0 Å². The minimum Gasteiger partial charge on any atom is -0.254 e. The summed E-state index contributed by atoms with van der Waals surface area (Å²) in [5.74, 6) is -4.90. The first kappa shape index (κ1) is 9.88. The Kier molecular flexibility index (Phi) is 2.23. The van der Waals surface area contributed by atoms with E-state index in [9.17, 15) is 22.0 Å². The van der Waals surface area contributed by atoms with E-state index in [2.05, 4.69) is 11.1 Å². The molecule has 6 heteroatoms. The Balaban J connectivity index is 3.08. The van der Waals surface area contributed by atoms with E-state index in [1.807, 2.05) is 0 Å². The molecule has 0 fully saturated rings. The third-order valence-electron chi connectivity index (χ3n) is 1.29. The van der Waals surface area contributed by atoms with Gasteiger partial charge in [-0.25, -0.2) is 0 Å². The second-order valence-corrected chi connectivity index (χ2v) is 2.22. The summed E-state index contributed by atoms with van der Waals surface area (Å²) in [6.45, 7) is 0. The highest BCUT2D eigenvalue weighted by molar-refractivity contribution is 5.11. The van der Waals surface area contributed by atoms with E-state index in [0.717, 1.165) is 12.3 Å². The van der Waals surface area contributed by atoms with E-state index in [4.69, 9.17) is 0 Å². The maximum atomic E-state index is 12.5. The molecule has 0 bridgehead atoms. The fourth-order valence-corrected chi connectivity index (χ4v) is 0.651. The Morgan fingerprint density at radius 2 is 1.77 bits per heavy atom. The normalized spacial score (nSPS) is 13.0. The van der Waals surface area contributed by atoms with Crippen molar-refractivity contribution in [2.24, 2.45) is 0 Å². The third-order valence-corrected chi connectivity index (χ3v) is 1.29. The number of alkyl halides is 5. The van der Waals surface area contributed by atoms with Crippen molar-refractivity contribution in [2.75, 3.05) is 0 Å². The van der Waals surface area contributed by atoms with Gasteiger partial charge in [-0.15, -0.1) is 0 Å². The lowest BCUT2D eigenvalue weighted by molar-refractivity contribution is -0.290. The molecule has 0 unspecified atom stereocenters. The lowest BCUT2D eigenvalue weighted by atomic mass is 10.2. The molecule has 13 heavy (non-hydrogen) atoms. The first-order valence-corrected chi connectivity index (χ1v) is 3.13. The quantitative estimate of drug-likeness (QED) is 0.629. The van der Waals surface area contributed by atoms with Gasteiger partial charge in [0.15, 0.2) is 0 Å². The smallest absolute Gasteiger partial charge is 0.254 e. The van der Waals surface area contributed by atoms with Crippen LogP contribution < -0.4 is 0 Å². The van der Waals surface area contributed by atoms with Crippen LogP contribution in [0.4, 0.5) is 22.0 Å². The number of rotatable bonds is 1. The van der Waals surface area contributed by atoms with Crippen LogP contribution in [0.25, 0.3) is 0 Å². The average molecular weight is 196 g/mol. The van der Waals surface area contributed by atoms with Gasteiger partial charge in [-0.2, -0.15) is 22.0 Å². The summed E-state index contributed by atoms with van der Waals surface area (Å²) in [6.07, 6.45) is -4.85. The highest BCUT2D eigenvalue weighted by atomic mass is 19.4. The van der Waals surface area contributed by atoms with E-state index in [1.54, 1.807) is 0 Å². The summed E-state index contributed by atoms with van der Waals surface area (Å²) in [7, 11) is 0. The van der Waals surface area contributed by atoms with Crippen molar-refractivity contribution < 1.29 is 22.0 Å². The molecule has 1 heterocycles. The standard InChI is InChI=1S/C7H3F5N/c8-6(9,7(10,11)12)5-3-1-2-4-13-5/h1,3-4H. The fourth-order valence-electron chi connectivity index (χ4n) is 0.651. The van der Waals surface area contributed by atoms with Crippen LogP contribution in [-0.2, 0) is 5.92 Å². The van der Waals surface area contributed by atoms with Gasteiger partial charge in [0.05, 0.1) is 0 Å². The summed E-state index contributed by atoms with van der Waals surface area (Å²) >= 11 is 0. The summed E-state index contributed by atoms with van der Waals surface area (Å²) in [5, 5.41) is 0. The van der Waals surface area contributed by atoms with Crippen LogP contribution in [0, 0.1) is 6.07 Å². The molecule has 0 saturated heterocycles. The summed E-state index contributed by atoms with van der Waals surface area (Å²) < 4.78 is 60.1. The van der Waals surface area contributed by atoms with Gasteiger partial charge in [0.2, 0.25) is 0 Å². The highest BCUT2D eigenvalue weighted by Gasteiger charge is 2.59. The van der Waals surface area contributed by atoms with Gasteiger partial charge in [0.1, 0.15) is 5.69 Å². The second kappa shape index (κ2) is 2.93. The van der Waals surface area contributed by atoms with Crippen LogP contribution >= 0.6 is 0 Å². The van der Waals surface area contributed by atoms with Crippen LogP contribution in [-0.4, -0.2) is 11.2 Å². The van der Waals surface area contributed by atoms with Crippen LogP contribution in [0.15, 0.2) is 18.3 Å². The first-order valence-electron chi connectivity index (χ1n) is 3.13. The minimum atomic E-state index is -5.61. The van der Waals surface area contributed by atoms with Gasteiger partial charge in [-0.1, -0.05) is 6.07 Å². The SMILES string of the molecule is FC(F)(F)C(F)(F)c1cc[c]cn1. The molecule has 1 aromatic heterocycles. The van der Waals surface area contributed by atoms with Gasteiger partial charge in [-0.3, -0.25) is 4.98 Å². The van der Waals surface area contributed by atoms with Crippen molar-refractivity contribution in [2.45, 2.75) is 12.1 Å². The van der Waals surface area contributed by atoms with Crippen LogP contribution in [0.3, 0.4) is 0 Å². The molecule has 71 valence electrons. The second-order valence-electron chi connectivity index (χ2n) is 2.22. The van der Waals surface area contributed by atoms with Crippen molar-refractivity contribution in [1.82, 2.24) is 4.98 Å². The molecular weight excluding hydrogens is 193 g/mol. The zero-order valence-electron chi connectivity index (χ0n) is 6.07. The zero-order chi connectivity index (χ0) is 10.1. The molecule has 0 aliphatic heterocycles. The molecule has 0 amide bonds. The molecule has 0 aromatic carbocycles. The van der Waals surface area contributed by atoms with Crippen LogP contribution in [0.5, 0.6) is 0 Å². The van der Waals surface area contributed by atoms with Gasteiger partial charge in [0, 0.05) is 12.3 Å². The van der Waals surface area contributed by atoms with Gasteiger partial charge in [-0.05, 0) is 6.07 Å². The lowest BCUT2D eigenvalue weighted by Gasteiger charge is -2.18. The lowest BCUT2D eigenvalue weighted by Crippen LogP contribution is -2.34. The van der Waals surface area contributed by atoms with Crippen LogP contribution in [0.1, 0.15) is 5.69 Å². The van der Waals surface area contributed by atoms with E-state index >= 15 is 0 Å². The predicted molar refractivity (Wildman–Crippen MR) is 33.0 cm³/mol. The minimum absolute atomic E-state index is 0.577. The summed E-state index contributed by atoms with van der Waals surface area (Å²) in [5.41, 5.74) is -1.32. The van der Waals surface area contributed by atoms with Crippen molar-refractivity contribution in [3.8, 4) is 0 Å². The molecule has 0 saturated carbocycles. The fraction of sp³-hybridized carbons (Fsp3) is 0.286. The Hall–Kier alpha value is -1.20. The monoisotopic (exact) mass is 196 g/mol. The average Bonchev–Trinajstić information content (AvgIpc) is 2.04. The molecule has 0 N–H and O–H groups in total. The van der Waals surface area contributed by atoms with Gasteiger partial charge >= 0.3 is 12.1 Å². The number of hydrogen-bond acceptors (Lipinski definition) is 1. The molecule has 0 spiro atoms. The zero-order valence-corrected chi connectivity index (χ0v) is 6.07. The summed E-state index contributed by atoms with van der Waals surface area (Å²) in [4.78, 5) is 2.89. The number of halogens is 5. The third kappa shape index (κ3) is 1.76. The maximum absolute atomic E-state index is 12.5. The number of aromatic nitrogens is 1. The first-order chi connectivity index (χ1) is 5.86. The van der Waals surface area contributed by atoms with E-state index in [1.165, 1.54) is 0 Å². The van der Waals surface area contributed by atoms with Gasteiger partial charge in [0.25, 0.3) is 0 Å². The highest BCUT2D eigenvalue weighted by Crippen LogP contribution is 2.42. The van der Waals surface area contributed by atoms with Crippen molar-refractivity contribution in [1.29, 1.82) is 0 Å². The Morgan fingerprint density at radius 3 is 2.15 bits per heavy atom. The predicted octanol–water partition coefficient (Wildman–Crippen LogP) is 2.54. The molecule has 1 radical (unpaired) electrons. The number of nitrogens with zero attached hydrogens (tertiary/aromatic N) is 1. The van der Waals surface area contributed by atoms with Crippen LogP contribution in [0.2, 0.25) is 0 Å². The summed E-state index contributed by atoms with van der Waals surface area (Å²) in [6, 6.07) is 3.77. The van der Waals surface area contributed by atoms with Crippen molar-refractivity contribution in [3.05, 3.63) is 30.1 Å². The number of hydrogen-bond donors (Lipinski definition) is 0. The molecule has 1 nitrogen and oxygen atoms in total. The molecular formula is C7H3F5N. The Labute approximate surface area is 70.2 Å². The number of pyridine rings is 1. The maximum Gasteiger partial charge on any atom is 0.459 e. The molecule has 1 rings (SSSR count). The Morgan fingerprint density at radius 1 is 1.15 bits per heavy atom. The van der Waals surface area contributed by atoms with Gasteiger partial charge < -0.3 is 0 Å². The van der Waals surface area contributed by atoms with E-state index < -0.39 is 17.8 Å². The topological polar surface area (TPSA) is 12.9 Å². The van der Waals surface area contributed by atoms with E-state index in [-0.39, 0.29) is 0 Å².